The maximum Gasteiger partial charge on any atom is 0.330 e. The third-order valence-electron chi connectivity index (χ3n) is 3.95. The van der Waals surface area contributed by atoms with Gasteiger partial charge in [-0.25, -0.2) is 4.79 Å². The summed E-state index contributed by atoms with van der Waals surface area (Å²) in [5.41, 5.74) is 3.51. The van der Waals surface area contributed by atoms with E-state index in [1.165, 1.54) is 0 Å². The summed E-state index contributed by atoms with van der Waals surface area (Å²) in [5.74, 6) is -1.36. The number of carboxylic acid groups (broad SMARTS) is 1. The van der Waals surface area contributed by atoms with Crippen molar-refractivity contribution in [3.05, 3.63) is 52.8 Å². The van der Waals surface area contributed by atoms with Crippen LogP contribution in [-0.2, 0) is 23.1 Å². The van der Waals surface area contributed by atoms with Crippen LogP contribution in [0.25, 0.3) is 0 Å². The average molecular weight is 315 g/mol. The highest BCUT2D eigenvalue weighted by Gasteiger charge is 2.22. The lowest BCUT2D eigenvalue weighted by Crippen LogP contribution is -2.33. The van der Waals surface area contributed by atoms with Crippen molar-refractivity contribution in [3.63, 3.8) is 0 Å². The summed E-state index contributed by atoms with van der Waals surface area (Å²) in [7, 11) is 1.86. The molecule has 0 saturated heterocycles. The summed E-state index contributed by atoms with van der Waals surface area (Å²) in [6, 6.07) is 7.65. The number of hydrogen-bond acceptors (Lipinski definition) is 3. The highest BCUT2D eigenvalue weighted by Crippen LogP contribution is 2.16. The standard InChI is InChI=1S/C17H21N3O3/c1-11-14(12(2)20(3)19-11)9-10-15(21)18-16(17(22)23)13-7-5-4-6-8-13/h4-8,16H,9-10H2,1-3H3,(H,18,21)(H,22,23)/t16-/m0/s1. The van der Waals surface area contributed by atoms with E-state index in [0.717, 1.165) is 17.0 Å². The van der Waals surface area contributed by atoms with Gasteiger partial charge in [0.15, 0.2) is 6.04 Å². The molecule has 0 radical (unpaired) electrons. The molecule has 1 aromatic carbocycles. The van der Waals surface area contributed by atoms with E-state index >= 15 is 0 Å². The first-order valence-corrected chi connectivity index (χ1v) is 7.46. The zero-order valence-corrected chi connectivity index (χ0v) is 13.5. The lowest BCUT2D eigenvalue weighted by molar-refractivity contribution is -0.142. The predicted octanol–water partition coefficient (Wildman–Crippen LogP) is 1.91. The minimum Gasteiger partial charge on any atom is -0.479 e. The van der Waals surface area contributed by atoms with Gasteiger partial charge in [-0.05, 0) is 31.4 Å². The molecular formula is C17H21N3O3. The summed E-state index contributed by atoms with van der Waals surface area (Å²) in [5, 5.41) is 16.2. The molecule has 0 unspecified atom stereocenters. The van der Waals surface area contributed by atoms with Gasteiger partial charge in [0.1, 0.15) is 0 Å². The van der Waals surface area contributed by atoms with Crippen molar-refractivity contribution < 1.29 is 14.7 Å². The molecule has 1 heterocycles. The number of benzene rings is 1. The number of aliphatic carboxylic acids is 1. The molecule has 1 amide bonds. The van der Waals surface area contributed by atoms with Gasteiger partial charge in [0.05, 0.1) is 5.69 Å². The Labute approximate surface area is 135 Å². The van der Waals surface area contributed by atoms with Crippen LogP contribution < -0.4 is 5.32 Å². The number of aromatic nitrogens is 2. The van der Waals surface area contributed by atoms with Crippen LogP contribution in [0.2, 0.25) is 0 Å². The van der Waals surface area contributed by atoms with Gasteiger partial charge in [-0.2, -0.15) is 5.10 Å². The van der Waals surface area contributed by atoms with Crippen LogP contribution in [0.15, 0.2) is 30.3 Å². The molecule has 2 aromatic rings. The number of aryl methyl sites for hydroxylation is 2. The quantitative estimate of drug-likeness (QED) is 0.853. The largest absolute Gasteiger partial charge is 0.479 e. The molecule has 0 saturated carbocycles. The Morgan fingerprint density at radius 1 is 1.26 bits per heavy atom. The lowest BCUT2D eigenvalue weighted by atomic mass is 10.1. The van der Waals surface area contributed by atoms with Crippen LogP contribution in [-0.4, -0.2) is 26.8 Å². The number of nitrogens with zero attached hydrogens (tertiary/aromatic N) is 2. The third kappa shape index (κ3) is 3.97. The van der Waals surface area contributed by atoms with Crippen molar-refractivity contribution >= 4 is 11.9 Å². The second kappa shape index (κ2) is 7.09. The van der Waals surface area contributed by atoms with Crippen molar-refractivity contribution in [3.8, 4) is 0 Å². The fourth-order valence-corrected chi connectivity index (χ4v) is 2.58. The average Bonchev–Trinajstić information content (AvgIpc) is 2.76. The van der Waals surface area contributed by atoms with Gasteiger partial charge in [0.2, 0.25) is 5.91 Å². The van der Waals surface area contributed by atoms with Crippen LogP contribution in [0.5, 0.6) is 0 Å². The summed E-state index contributed by atoms with van der Waals surface area (Å²) >= 11 is 0. The zero-order chi connectivity index (χ0) is 17.0. The molecule has 6 heteroatoms. The summed E-state index contributed by atoms with van der Waals surface area (Å²) in [6.07, 6.45) is 0.766. The number of hydrogen-bond donors (Lipinski definition) is 2. The number of amides is 1. The number of rotatable bonds is 6. The second-order valence-electron chi connectivity index (χ2n) is 5.52. The minimum atomic E-state index is -1.07. The fraction of sp³-hybridized carbons (Fsp3) is 0.353. The summed E-state index contributed by atoms with van der Waals surface area (Å²) in [4.78, 5) is 23.5. The van der Waals surface area contributed by atoms with Gasteiger partial charge in [-0.3, -0.25) is 9.48 Å². The molecule has 0 aliphatic rings. The van der Waals surface area contributed by atoms with E-state index in [2.05, 4.69) is 10.4 Å². The molecule has 0 aliphatic heterocycles. The molecule has 0 fully saturated rings. The van der Waals surface area contributed by atoms with Crippen molar-refractivity contribution in [1.82, 2.24) is 15.1 Å². The molecule has 1 atom stereocenters. The molecule has 6 nitrogen and oxygen atoms in total. The van der Waals surface area contributed by atoms with E-state index in [1.807, 2.05) is 20.9 Å². The lowest BCUT2D eigenvalue weighted by Gasteiger charge is -2.15. The van der Waals surface area contributed by atoms with Gasteiger partial charge in [0, 0.05) is 19.2 Å². The first-order valence-electron chi connectivity index (χ1n) is 7.46. The van der Waals surface area contributed by atoms with Crippen LogP contribution >= 0.6 is 0 Å². The van der Waals surface area contributed by atoms with Crippen molar-refractivity contribution in [2.75, 3.05) is 0 Å². The molecule has 2 rings (SSSR count). The highest BCUT2D eigenvalue weighted by molar-refractivity contribution is 5.84. The number of carbonyl (C=O) groups is 2. The highest BCUT2D eigenvalue weighted by atomic mass is 16.4. The molecule has 1 aromatic heterocycles. The Hall–Kier alpha value is -2.63. The summed E-state index contributed by atoms with van der Waals surface area (Å²) < 4.78 is 1.78. The van der Waals surface area contributed by atoms with Crippen molar-refractivity contribution in [2.45, 2.75) is 32.7 Å². The third-order valence-corrected chi connectivity index (χ3v) is 3.95. The Morgan fingerprint density at radius 3 is 2.43 bits per heavy atom. The molecule has 2 N–H and O–H groups in total. The molecular weight excluding hydrogens is 294 g/mol. The molecule has 23 heavy (non-hydrogen) atoms. The zero-order valence-electron chi connectivity index (χ0n) is 13.5. The van der Waals surface area contributed by atoms with Gasteiger partial charge >= 0.3 is 5.97 Å². The van der Waals surface area contributed by atoms with Gasteiger partial charge < -0.3 is 10.4 Å². The second-order valence-corrected chi connectivity index (χ2v) is 5.52. The first kappa shape index (κ1) is 16.7. The molecule has 0 aliphatic carbocycles. The Morgan fingerprint density at radius 2 is 1.91 bits per heavy atom. The predicted molar refractivity (Wildman–Crippen MR) is 86.0 cm³/mol. The normalized spacial score (nSPS) is 12.0. The van der Waals surface area contributed by atoms with E-state index in [9.17, 15) is 14.7 Å². The molecule has 122 valence electrons. The summed E-state index contributed by atoms with van der Waals surface area (Å²) in [6.45, 7) is 3.86. The Bertz CT molecular complexity index is 707. The molecule has 0 bridgehead atoms. The van der Waals surface area contributed by atoms with Gasteiger partial charge in [-0.1, -0.05) is 30.3 Å². The van der Waals surface area contributed by atoms with Crippen molar-refractivity contribution in [2.24, 2.45) is 7.05 Å². The van der Waals surface area contributed by atoms with E-state index in [1.54, 1.807) is 35.0 Å². The number of carbonyl (C=O) groups excluding carboxylic acids is 1. The maximum absolute atomic E-state index is 12.1. The number of carboxylic acids is 1. The minimum absolute atomic E-state index is 0.226. The SMILES string of the molecule is Cc1nn(C)c(C)c1CCC(=O)N[C@H](C(=O)O)c1ccccc1. The van der Waals surface area contributed by atoms with Crippen LogP contribution in [0.4, 0.5) is 0 Å². The smallest absolute Gasteiger partial charge is 0.330 e. The van der Waals surface area contributed by atoms with E-state index in [0.29, 0.717) is 12.0 Å². The van der Waals surface area contributed by atoms with E-state index in [-0.39, 0.29) is 12.3 Å². The fourth-order valence-electron chi connectivity index (χ4n) is 2.58. The number of nitrogens with one attached hydrogen (secondary N) is 1. The topological polar surface area (TPSA) is 84.2 Å². The van der Waals surface area contributed by atoms with Crippen molar-refractivity contribution in [1.29, 1.82) is 0 Å². The first-order chi connectivity index (χ1) is 10.9. The van der Waals surface area contributed by atoms with Crippen LogP contribution in [0.3, 0.4) is 0 Å². The van der Waals surface area contributed by atoms with Crippen LogP contribution in [0.1, 0.15) is 35.0 Å². The monoisotopic (exact) mass is 315 g/mol. The van der Waals surface area contributed by atoms with E-state index in [4.69, 9.17) is 0 Å². The van der Waals surface area contributed by atoms with E-state index < -0.39 is 12.0 Å². The molecule has 0 spiro atoms. The van der Waals surface area contributed by atoms with Crippen LogP contribution in [0, 0.1) is 13.8 Å². The maximum atomic E-state index is 12.1. The Balaban J connectivity index is 2.01. The Kier molecular flexibility index (Phi) is 5.16. The van der Waals surface area contributed by atoms with Gasteiger partial charge in [-0.15, -0.1) is 0 Å². The van der Waals surface area contributed by atoms with Gasteiger partial charge in [0.25, 0.3) is 0 Å².